The molecule has 0 radical (unpaired) electrons. The first-order valence-corrected chi connectivity index (χ1v) is 10.6. The maximum Gasteiger partial charge on any atom is 0.338 e. The first-order chi connectivity index (χ1) is 11.2. The molecule has 2 aromatic rings. The molecule has 8 heteroatoms. The number of halogens is 2. The molecule has 0 saturated carbocycles. The van der Waals surface area contributed by atoms with Gasteiger partial charge in [-0.25, -0.2) is 13.2 Å². The standard InChI is InChI=1S/C16H15I2NO4S/c1-3-23-16(20)11-8-13(17)15(14(18)9-11)19-24(21,22)12-6-4-10(2)5-7-12/h4-9,19H,3H2,1-2H3. The Balaban J connectivity index is 2.36. The smallest absolute Gasteiger partial charge is 0.338 e. The Morgan fingerprint density at radius 1 is 1.12 bits per heavy atom. The summed E-state index contributed by atoms with van der Waals surface area (Å²) in [4.78, 5) is 12.0. The van der Waals surface area contributed by atoms with E-state index in [0.717, 1.165) is 5.56 Å². The van der Waals surface area contributed by atoms with Gasteiger partial charge in [-0.05, 0) is 83.3 Å². The van der Waals surface area contributed by atoms with Crippen molar-refractivity contribution in [1.29, 1.82) is 0 Å². The van der Waals surface area contributed by atoms with Gasteiger partial charge in [-0.15, -0.1) is 0 Å². The van der Waals surface area contributed by atoms with E-state index < -0.39 is 16.0 Å². The molecule has 128 valence electrons. The van der Waals surface area contributed by atoms with Crippen molar-refractivity contribution in [1.82, 2.24) is 0 Å². The Morgan fingerprint density at radius 2 is 1.67 bits per heavy atom. The van der Waals surface area contributed by atoms with E-state index in [0.29, 0.717) is 18.4 Å². The van der Waals surface area contributed by atoms with Gasteiger partial charge < -0.3 is 4.74 Å². The van der Waals surface area contributed by atoms with E-state index in [1.54, 1.807) is 43.3 Å². The Bertz CT molecular complexity index is 841. The third-order valence-corrected chi connectivity index (χ3v) is 6.19. The van der Waals surface area contributed by atoms with Crippen LogP contribution in [-0.4, -0.2) is 21.0 Å². The van der Waals surface area contributed by atoms with Gasteiger partial charge in [-0.3, -0.25) is 4.72 Å². The topological polar surface area (TPSA) is 72.5 Å². The Labute approximate surface area is 168 Å². The average molecular weight is 571 g/mol. The minimum atomic E-state index is -3.69. The van der Waals surface area contributed by atoms with Crippen LogP contribution in [0.2, 0.25) is 0 Å². The van der Waals surface area contributed by atoms with Crippen LogP contribution in [0.1, 0.15) is 22.8 Å². The van der Waals surface area contributed by atoms with Gasteiger partial charge in [-0.1, -0.05) is 17.7 Å². The predicted octanol–water partition coefficient (Wildman–Crippen LogP) is 4.18. The molecule has 0 fully saturated rings. The highest BCUT2D eigenvalue weighted by atomic mass is 127. The van der Waals surface area contributed by atoms with Crippen LogP contribution >= 0.6 is 45.2 Å². The number of carbonyl (C=O) groups is 1. The van der Waals surface area contributed by atoms with Crippen molar-refractivity contribution in [2.24, 2.45) is 0 Å². The van der Waals surface area contributed by atoms with Crippen molar-refractivity contribution in [2.45, 2.75) is 18.7 Å². The summed E-state index contributed by atoms with van der Waals surface area (Å²) in [6.45, 7) is 3.91. The highest BCUT2D eigenvalue weighted by Crippen LogP contribution is 2.29. The molecule has 0 unspecified atom stereocenters. The van der Waals surface area contributed by atoms with Gasteiger partial charge in [0.15, 0.2) is 0 Å². The fraction of sp³-hybridized carbons (Fsp3) is 0.188. The quantitative estimate of drug-likeness (QED) is 0.432. The van der Waals surface area contributed by atoms with E-state index in [-0.39, 0.29) is 11.5 Å². The molecule has 24 heavy (non-hydrogen) atoms. The summed E-state index contributed by atoms with van der Waals surface area (Å²) >= 11 is 4.00. The Hall–Kier alpha value is -0.880. The van der Waals surface area contributed by atoms with Gasteiger partial charge in [-0.2, -0.15) is 0 Å². The van der Waals surface area contributed by atoms with Crippen LogP contribution in [0.5, 0.6) is 0 Å². The Kier molecular flexibility index (Phi) is 6.48. The Morgan fingerprint density at radius 3 is 2.17 bits per heavy atom. The van der Waals surface area contributed by atoms with Gasteiger partial charge in [0.25, 0.3) is 10.0 Å². The van der Waals surface area contributed by atoms with E-state index >= 15 is 0 Å². The van der Waals surface area contributed by atoms with Crippen molar-refractivity contribution in [2.75, 3.05) is 11.3 Å². The highest BCUT2D eigenvalue weighted by Gasteiger charge is 2.19. The van der Waals surface area contributed by atoms with E-state index in [4.69, 9.17) is 4.74 Å². The molecule has 0 aromatic heterocycles. The minimum absolute atomic E-state index is 0.189. The second kappa shape index (κ2) is 8.00. The highest BCUT2D eigenvalue weighted by molar-refractivity contribution is 14.1. The fourth-order valence-electron chi connectivity index (χ4n) is 1.91. The van der Waals surface area contributed by atoms with Crippen LogP contribution in [-0.2, 0) is 14.8 Å². The van der Waals surface area contributed by atoms with Crippen LogP contribution in [0.15, 0.2) is 41.3 Å². The molecule has 0 atom stereocenters. The zero-order valence-electron chi connectivity index (χ0n) is 13.0. The lowest BCUT2D eigenvalue weighted by atomic mass is 10.2. The number of ether oxygens (including phenoxy) is 1. The van der Waals surface area contributed by atoms with Crippen LogP contribution in [0, 0.1) is 14.1 Å². The lowest BCUT2D eigenvalue weighted by Gasteiger charge is -2.13. The second-order valence-corrected chi connectivity index (χ2v) is 8.96. The number of hydrogen-bond donors (Lipinski definition) is 1. The number of nitrogens with one attached hydrogen (secondary N) is 1. The first kappa shape index (κ1) is 19.4. The normalized spacial score (nSPS) is 11.2. The van der Waals surface area contributed by atoms with Crippen molar-refractivity contribution in [3.05, 3.63) is 54.7 Å². The molecule has 0 heterocycles. The summed E-state index contributed by atoms with van der Waals surface area (Å²) in [6.07, 6.45) is 0. The molecule has 0 amide bonds. The third kappa shape index (κ3) is 4.60. The largest absolute Gasteiger partial charge is 0.462 e. The van der Waals surface area contributed by atoms with Crippen LogP contribution in [0.25, 0.3) is 0 Å². The van der Waals surface area contributed by atoms with E-state index in [2.05, 4.69) is 4.72 Å². The van der Waals surface area contributed by atoms with E-state index in [1.165, 1.54) is 0 Å². The molecule has 2 aromatic carbocycles. The number of benzene rings is 2. The molecule has 0 saturated heterocycles. The molecule has 0 aliphatic rings. The maximum absolute atomic E-state index is 12.5. The van der Waals surface area contributed by atoms with Crippen molar-refractivity contribution in [3.63, 3.8) is 0 Å². The fourth-order valence-corrected chi connectivity index (χ4v) is 5.42. The number of aryl methyl sites for hydroxylation is 1. The van der Waals surface area contributed by atoms with Crippen LogP contribution in [0.3, 0.4) is 0 Å². The van der Waals surface area contributed by atoms with Crippen molar-refractivity contribution in [3.8, 4) is 0 Å². The molecule has 0 aliphatic carbocycles. The number of carbonyl (C=O) groups excluding carboxylic acids is 1. The maximum atomic E-state index is 12.5. The number of esters is 1. The number of sulfonamides is 1. The summed E-state index contributed by atoms with van der Waals surface area (Å²) < 4.78 is 33.9. The zero-order chi connectivity index (χ0) is 17.9. The summed E-state index contributed by atoms with van der Waals surface area (Å²) in [5.74, 6) is -0.429. The summed E-state index contributed by atoms with van der Waals surface area (Å²) in [6, 6.07) is 9.82. The molecular weight excluding hydrogens is 556 g/mol. The molecule has 0 aliphatic heterocycles. The lowest BCUT2D eigenvalue weighted by molar-refractivity contribution is 0.0526. The predicted molar refractivity (Wildman–Crippen MR) is 110 cm³/mol. The van der Waals surface area contributed by atoms with Crippen LogP contribution < -0.4 is 4.72 Å². The van der Waals surface area contributed by atoms with Gasteiger partial charge in [0, 0.05) is 7.14 Å². The molecule has 1 N–H and O–H groups in total. The van der Waals surface area contributed by atoms with E-state index in [1.807, 2.05) is 52.1 Å². The zero-order valence-corrected chi connectivity index (χ0v) is 18.1. The van der Waals surface area contributed by atoms with E-state index in [9.17, 15) is 13.2 Å². The third-order valence-electron chi connectivity index (χ3n) is 3.12. The summed E-state index contributed by atoms with van der Waals surface area (Å²) in [5, 5.41) is 0. The number of anilines is 1. The SMILES string of the molecule is CCOC(=O)c1cc(I)c(NS(=O)(=O)c2ccc(C)cc2)c(I)c1. The first-order valence-electron chi connectivity index (χ1n) is 7.00. The molecule has 0 bridgehead atoms. The number of hydrogen-bond acceptors (Lipinski definition) is 4. The monoisotopic (exact) mass is 571 g/mol. The molecule has 5 nitrogen and oxygen atoms in total. The summed E-state index contributed by atoms with van der Waals surface area (Å²) in [5.41, 5.74) is 1.82. The second-order valence-electron chi connectivity index (χ2n) is 4.95. The van der Waals surface area contributed by atoms with Gasteiger partial charge >= 0.3 is 5.97 Å². The van der Waals surface area contributed by atoms with Gasteiger partial charge in [0.05, 0.1) is 22.8 Å². The summed E-state index contributed by atoms with van der Waals surface area (Å²) in [7, 11) is -3.69. The van der Waals surface area contributed by atoms with Gasteiger partial charge in [0.2, 0.25) is 0 Å². The molecular formula is C16H15I2NO4S. The molecule has 0 spiro atoms. The van der Waals surface area contributed by atoms with Crippen molar-refractivity contribution < 1.29 is 17.9 Å². The van der Waals surface area contributed by atoms with Gasteiger partial charge in [0.1, 0.15) is 0 Å². The van der Waals surface area contributed by atoms with Crippen molar-refractivity contribution >= 4 is 66.9 Å². The number of rotatable bonds is 5. The van der Waals surface area contributed by atoms with Crippen LogP contribution in [0.4, 0.5) is 5.69 Å². The minimum Gasteiger partial charge on any atom is -0.462 e. The molecule has 2 rings (SSSR count). The lowest BCUT2D eigenvalue weighted by Crippen LogP contribution is -2.15. The average Bonchev–Trinajstić information content (AvgIpc) is 2.51.